The van der Waals surface area contributed by atoms with Gasteiger partial charge in [-0.15, -0.1) is 10.2 Å². The minimum atomic E-state index is -3.64. The third kappa shape index (κ3) is 3.01. The number of hydrogen-bond acceptors (Lipinski definition) is 5. The standard InChI is InChI=1S/C17H24N4O3S/c1-10-14(17-20-19-16(24-17)12-6-5-7-12)15(11(2)18-10)25(22,23)21-13-8-3-4-9-13/h12-13,18,21H,3-9H2,1-2H3. The fraction of sp³-hybridized carbons (Fsp3) is 0.647. The summed E-state index contributed by atoms with van der Waals surface area (Å²) in [5.74, 6) is 1.22. The summed E-state index contributed by atoms with van der Waals surface area (Å²) in [6.45, 7) is 3.60. The molecule has 2 saturated carbocycles. The van der Waals surface area contributed by atoms with E-state index in [0.717, 1.165) is 44.2 Å². The van der Waals surface area contributed by atoms with Crippen LogP contribution in [-0.2, 0) is 10.0 Å². The molecular formula is C17H24N4O3S. The summed E-state index contributed by atoms with van der Waals surface area (Å²) in [6, 6.07) is 0.0145. The molecule has 2 fully saturated rings. The number of aryl methyl sites for hydroxylation is 2. The number of aromatic amines is 1. The van der Waals surface area contributed by atoms with Crippen molar-refractivity contribution in [3.63, 3.8) is 0 Å². The monoisotopic (exact) mass is 364 g/mol. The average Bonchev–Trinajstić information content (AvgIpc) is 3.17. The third-order valence-corrected chi connectivity index (χ3v) is 7.06. The van der Waals surface area contributed by atoms with Crippen molar-refractivity contribution < 1.29 is 12.8 Å². The fourth-order valence-electron chi connectivity index (χ4n) is 3.83. The third-order valence-electron chi connectivity index (χ3n) is 5.37. The Morgan fingerprint density at radius 1 is 1.04 bits per heavy atom. The van der Waals surface area contributed by atoms with Crippen molar-refractivity contribution in [2.24, 2.45) is 0 Å². The summed E-state index contributed by atoms with van der Waals surface area (Å²) >= 11 is 0. The zero-order chi connectivity index (χ0) is 17.6. The molecule has 25 heavy (non-hydrogen) atoms. The van der Waals surface area contributed by atoms with E-state index < -0.39 is 10.0 Å². The quantitative estimate of drug-likeness (QED) is 0.848. The number of nitrogens with zero attached hydrogens (tertiary/aromatic N) is 2. The molecule has 2 N–H and O–H groups in total. The van der Waals surface area contributed by atoms with E-state index >= 15 is 0 Å². The first-order valence-electron chi connectivity index (χ1n) is 9.01. The van der Waals surface area contributed by atoms with E-state index in [1.54, 1.807) is 6.92 Å². The summed E-state index contributed by atoms with van der Waals surface area (Å²) in [6.07, 6.45) is 7.21. The molecule has 0 aromatic carbocycles. The SMILES string of the molecule is Cc1[nH]c(C)c(S(=O)(=O)NC2CCCC2)c1-c1nnc(C2CCC2)o1. The molecule has 136 valence electrons. The highest BCUT2D eigenvalue weighted by atomic mass is 32.2. The van der Waals surface area contributed by atoms with E-state index in [1.165, 1.54) is 6.42 Å². The number of rotatable bonds is 5. The van der Waals surface area contributed by atoms with Crippen LogP contribution in [0, 0.1) is 13.8 Å². The Bertz CT molecular complexity index is 874. The van der Waals surface area contributed by atoms with Gasteiger partial charge in [-0.05, 0) is 39.5 Å². The van der Waals surface area contributed by atoms with E-state index in [0.29, 0.717) is 23.1 Å². The summed E-state index contributed by atoms with van der Waals surface area (Å²) in [7, 11) is -3.64. The molecule has 8 heteroatoms. The molecule has 2 aliphatic carbocycles. The largest absolute Gasteiger partial charge is 0.420 e. The molecule has 2 heterocycles. The lowest BCUT2D eigenvalue weighted by Gasteiger charge is -2.20. The first-order chi connectivity index (χ1) is 12.0. The second kappa shape index (κ2) is 6.25. The van der Waals surface area contributed by atoms with Gasteiger partial charge in [0.05, 0.1) is 5.56 Å². The van der Waals surface area contributed by atoms with E-state index in [4.69, 9.17) is 4.42 Å². The summed E-state index contributed by atoms with van der Waals surface area (Å²) < 4.78 is 34.7. The van der Waals surface area contributed by atoms with Crippen LogP contribution in [0.2, 0.25) is 0 Å². The van der Waals surface area contributed by atoms with Crippen LogP contribution in [0.1, 0.15) is 68.1 Å². The lowest BCUT2D eigenvalue weighted by molar-refractivity contribution is 0.338. The molecule has 0 spiro atoms. The van der Waals surface area contributed by atoms with Gasteiger partial charge in [0.15, 0.2) is 0 Å². The molecule has 0 aliphatic heterocycles. The zero-order valence-electron chi connectivity index (χ0n) is 14.6. The summed E-state index contributed by atoms with van der Waals surface area (Å²) in [4.78, 5) is 3.36. The van der Waals surface area contributed by atoms with Crippen molar-refractivity contribution in [2.45, 2.75) is 75.6 Å². The first-order valence-corrected chi connectivity index (χ1v) is 10.5. The van der Waals surface area contributed by atoms with Crippen molar-refractivity contribution in [1.82, 2.24) is 19.9 Å². The lowest BCUT2D eigenvalue weighted by Crippen LogP contribution is -2.33. The van der Waals surface area contributed by atoms with Crippen molar-refractivity contribution in [2.75, 3.05) is 0 Å². The van der Waals surface area contributed by atoms with Crippen molar-refractivity contribution in [3.05, 3.63) is 17.3 Å². The Hall–Kier alpha value is -1.67. The van der Waals surface area contributed by atoms with Crippen molar-refractivity contribution in [3.8, 4) is 11.5 Å². The van der Waals surface area contributed by atoms with Crippen molar-refractivity contribution >= 4 is 10.0 Å². The van der Waals surface area contributed by atoms with E-state index in [9.17, 15) is 8.42 Å². The molecular weight excluding hydrogens is 340 g/mol. The Kier molecular flexibility index (Phi) is 4.19. The zero-order valence-corrected chi connectivity index (χ0v) is 15.4. The second-order valence-electron chi connectivity index (χ2n) is 7.26. The van der Waals surface area contributed by atoms with Crippen LogP contribution < -0.4 is 4.72 Å². The topological polar surface area (TPSA) is 101 Å². The smallest absolute Gasteiger partial charge is 0.250 e. The average molecular weight is 364 g/mol. The molecule has 0 amide bonds. The van der Waals surface area contributed by atoms with Crippen LogP contribution in [0.5, 0.6) is 0 Å². The Morgan fingerprint density at radius 3 is 2.40 bits per heavy atom. The number of nitrogens with one attached hydrogen (secondary N) is 2. The van der Waals surface area contributed by atoms with E-state index in [2.05, 4.69) is 19.9 Å². The van der Waals surface area contributed by atoms with Gasteiger partial charge in [0.2, 0.25) is 15.9 Å². The van der Waals surface area contributed by atoms with Crippen LogP contribution in [0.25, 0.3) is 11.5 Å². The van der Waals surface area contributed by atoms with Gasteiger partial charge in [-0.2, -0.15) is 0 Å². The number of aromatic nitrogens is 3. The van der Waals surface area contributed by atoms with Crippen LogP contribution in [0.4, 0.5) is 0 Å². The van der Waals surface area contributed by atoms with Crippen LogP contribution in [0.15, 0.2) is 9.31 Å². The van der Waals surface area contributed by atoms with Crippen molar-refractivity contribution in [1.29, 1.82) is 0 Å². The van der Waals surface area contributed by atoms with Gasteiger partial charge in [-0.1, -0.05) is 19.3 Å². The molecule has 2 aliphatic rings. The molecule has 4 rings (SSSR count). The summed E-state index contributed by atoms with van der Waals surface area (Å²) in [5.41, 5.74) is 1.83. The molecule has 0 radical (unpaired) electrons. The van der Waals surface area contributed by atoms with Gasteiger partial charge in [-0.25, -0.2) is 13.1 Å². The van der Waals surface area contributed by atoms with Gasteiger partial charge in [0.25, 0.3) is 5.89 Å². The molecule has 2 aromatic heterocycles. The number of sulfonamides is 1. The lowest BCUT2D eigenvalue weighted by atomic mass is 9.85. The highest BCUT2D eigenvalue weighted by Crippen LogP contribution is 2.38. The summed E-state index contributed by atoms with van der Waals surface area (Å²) in [5, 5.41) is 8.29. The predicted octanol–water partition coefficient (Wildman–Crippen LogP) is 3.17. The van der Waals surface area contributed by atoms with Crippen LogP contribution in [0.3, 0.4) is 0 Å². The highest BCUT2D eigenvalue weighted by Gasteiger charge is 2.32. The molecule has 0 atom stereocenters. The maximum atomic E-state index is 13.0. The highest BCUT2D eigenvalue weighted by molar-refractivity contribution is 7.89. The van der Waals surface area contributed by atoms with Gasteiger partial charge in [-0.3, -0.25) is 0 Å². The molecule has 0 unspecified atom stereocenters. The second-order valence-corrected chi connectivity index (χ2v) is 8.91. The van der Waals surface area contributed by atoms with E-state index in [1.807, 2.05) is 6.92 Å². The number of H-pyrrole nitrogens is 1. The molecule has 2 aromatic rings. The molecule has 0 saturated heterocycles. The van der Waals surface area contributed by atoms with Gasteiger partial charge in [0, 0.05) is 23.3 Å². The van der Waals surface area contributed by atoms with Crippen LogP contribution in [-0.4, -0.2) is 29.6 Å². The fourth-order valence-corrected chi connectivity index (χ4v) is 5.59. The minimum Gasteiger partial charge on any atom is -0.420 e. The van der Waals surface area contributed by atoms with Gasteiger partial charge >= 0.3 is 0 Å². The van der Waals surface area contributed by atoms with E-state index in [-0.39, 0.29) is 16.8 Å². The maximum absolute atomic E-state index is 13.0. The Labute approximate surface area is 147 Å². The molecule has 7 nitrogen and oxygen atoms in total. The normalized spacial score (nSPS) is 19.4. The maximum Gasteiger partial charge on any atom is 0.250 e. The Morgan fingerprint density at radius 2 is 1.76 bits per heavy atom. The van der Waals surface area contributed by atoms with Gasteiger partial charge in [0.1, 0.15) is 4.90 Å². The molecule has 0 bridgehead atoms. The first kappa shape index (κ1) is 16.8. The minimum absolute atomic E-state index is 0.0145. The predicted molar refractivity (Wildman–Crippen MR) is 92.7 cm³/mol. The van der Waals surface area contributed by atoms with Gasteiger partial charge < -0.3 is 9.40 Å². The van der Waals surface area contributed by atoms with Crippen LogP contribution >= 0.6 is 0 Å². The Balaban J connectivity index is 1.72. The number of hydrogen-bond donors (Lipinski definition) is 2.